The first-order valence-electron chi connectivity index (χ1n) is 6.30. The number of urea groups is 1. The minimum atomic E-state index is -1.29. The van der Waals surface area contributed by atoms with Gasteiger partial charge in [-0.15, -0.1) is 0 Å². The summed E-state index contributed by atoms with van der Waals surface area (Å²) in [4.78, 5) is 22.5. The standard InChI is InChI=1S/C13H15F3N2O3/c1-2-3-4-10(12(19)20)17-13(21)18-11-8(15)5-7(14)6-9(11)16/h5-6,10H,2-4H2,1H3,(H,19,20)(H2,17,18,21)/t10-/m0/s1. The molecule has 0 radical (unpaired) electrons. The SMILES string of the molecule is CCCC[C@H](NC(=O)Nc1c(F)cc(F)cc1F)C(=O)O. The Balaban J connectivity index is 2.74. The van der Waals surface area contributed by atoms with Crippen LogP contribution in [0.5, 0.6) is 0 Å². The minimum absolute atomic E-state index is 0.188. The van der Waals surface area contributed by atoms with E-state index in [0.717, 1.165) is 6.42 Å². The van der Waals surface area contributed by atoms with Gasteiger partial charge in [0.05, 0.1) is 0 Å². The zero-order valence-corrected chi connectivity index (χ0v) is 11.3. The number of rotatable bonds is 6. The first-order chi connectivity index (χ1) is 9.85. The fourth-order valence-corrected chi connectivity index (χ4v) is 1.64. The largest absolute Gasteiger partial charge is 0.480 e. The zero-order valence-electron chi connectivity index (χ0n) is 11.3. The number of anilines is 1. The number of halogens is 3. The van der Waals surface area contributed by atoms with Gasteiger partial charge in [0.2, 0.25) is 0 Å². The van der Waals surface area contributed by atoms with Gasteiger partial charge in [-0.1, -0.05) is 19.8 Å². The molecule has 0 spiro atoms. The van der Waals surface area contributed by atoms with E-state index in [0.29, 0.717) is 18.6 Å². The van der Waals surface area contributed by atoms with Crippen LogP contribution in [0.1, 0.15) is 26.2 Å². The molecule has 1 aromatic carbocycles. The quantitative estimate of drug-likeness (QED) is 0.756. The molecule has 0 aliphatic rings. The van der Waals surface area contributed by atoms with Crippen molar-refractivity contribution < 1.29 is 27.9 Å². The Morgan fingerprint density at radius 3 is 2.29 bits per heavy atom. The lowest BCUT2D eigenvalue weighted by atomic mass is 10.1. The second-order valence-corrected chi connectivity index (χ2v) is 4.38. The molecular formula is C13H15F3N2O3. The third-order valence-electron chi connectivity index (χ3n) is 2.70. The maximum atomic E-state index is 13.3. The number of hydrogen-bond acceptors (Lipinski definition) is 2. The van der Waals surface area contributed by atoms with E-state index >= 15 is 0 Å². The van der Waals surface area contributed by atoms with Crippen LogP contribution >= 0.6 is 0 Å². The fourth-order valence-electron chi connectivity index (χ4n) is 1.64. The van der Waals surface area contributed by atoms with Crippen molar-refractivity contribution in [3.8, 4) is 0 Å². The van der Waals surface area contributed by atoms with Gasteiger partial charge in [-0.3, -0.25) is 0 Å². The van der Waals surface area contributed by atoms with E-state index in [1.165, 1.54) is 0 Å². The predicted molar refractivity (Wildman–Crippen MR) is 69.4 cm³/mol. The molecule has 0 fully saturated rings. The number of carbonyl (C=O) groups is 2. The van der Waals surface area contributed by atoms with Crippen LogP contribution in [0.2, 0.25) is 0 Å². The van der Waals surface area contributed by atoms with Crippen molar-refractivity contribution in [3.05, 3.63) is 29.6 Å². The molecule has 21 heavy (non-hydrogen) atoms. The predicted octanol–water partition coefficient (Wildman–Crippen LogP) is 2.87. The number of nitrogens with one attached hydrogen (secondary N) is 2. The monoisotopic (exact) mass is 304 g/mol. The molecule has 0 saturated carbocycles. The van der Waals surface area contributed by atoms with Crippen molar-refractivity contribution in [2.45, 2.75) is 32.2 Å². The van der Waals surface area contributed by atoms with Crippen molar-refractivity contribution in [1.82, 2.24) is 5.32 Å². The molecule has 1 rings (SSSR count). The van der Waals surface area contributed by atoms with E-state index in [4.69, 9.17) is 5.11 Å². The molecule has 0 aliphatic carbocycles. The number of aliphatic carboxylic acids is 1. The molecule has 1 aromatic rings. The molecule has 5 nitrogen and oxygen atoms in total. The summed E-state index contributed by atoms with van der Waals surface area (Å²) in [6, 6.07) is -1.44. The molecule has 0 unspecified atom stereocenters. The highest BCUT2D eigenvalue weighted by Gasteiger charge is 2.21. The number of unbranched alkanes of at least 4 members (excludes halogenated alkanes) is 1. The van der Waals surface area contributed by atoms with E-state index in [1.54, 1.807) is 0 Å². The van der Waals surface area contributed by atoms with Crippen LogP contribution < -0.4 is 10.6 Å². The van der Waals surface area contributed by atoms with E-state index in [2.05, 4.69) is 5.32 Å². The van der Waals surface area contributed by atoms with Gasteiger partial charge in [-0.25, -0.2) is 22.8 Å². The first kappa shape index (κ1) is 16.8. The van der Waals surface area contributed by atoms with Gasteiger partial charge in [0, 0.05) is 12.1 Å². The van der Waals surface area contributed by atoms with Gasteiger partial charge < -0.3 is 15.7 Å². The van der Waals surface area contributed by atoms with E-state index in [1.807, 2.05) is 12.2 Å². The van der Waals surface area contributed by atoms with Crippen LogP contribution in [-0.4, -0.2) is 23.1 Å². The molecule has 3 N–H and O–H groups in total. The molecule has 1 atom stereocenters. The van der Waals surface area contributed by atoms with Gasteiger partial charge >= 0.3 is 12.0 Å². The molecule has 116 valence electrons. The fraction of sp³-hybridized carbons (Fsp3) is 0.385. The highest BCUT2D eigenvalue weighted by atomic mass is 19.1. The highest BCUT2D eigenvalue weighted by molar-refractivity contribution is 5.92. The van der Waals surface area contributed by atoms with Crippen molar-refractivity contribution in [2.24, 2.45) is 0 Å². The lowest BCUT2D eigenvalue weighted by molar-refractivity contribution is -0.139. The normalized spacial score (nSPS) is 11.8. The number of carbonyl (C=O) groups excluding carboxylic acids is 1. The first-order valence-corrected chi connectivity index (χ1v) is 6.30. The summed E-state index contributed by atoms with van der Waals surface area (Å²) < 4.78 is 39.4. The maximum Gasteiger partial charge on any atom is 0.326 e. The highest BCUT2D eigenvalue weighted by Crippen LogP contribution is 2.20. The molecule has 0 aromatic heterocycles. The van der Waals surface area contributed by atoms with Crippen LogP contribution in [0.4, 0.5) is 23.7 Å². The lowest BCUT2D eigenvalue weighted by Gasteiger charge is -2.15. The average Bonchev–Trinajstić information content (AvgIpc) is 2.38. The topological polar surface area (TPSA) is 78.4 Å². The minimum Gasteiger partial charge on any atom is -0.480 e. The third kappa shape index (κ3) is 4.97. The Morgan fingerprint density at radius 1 is 1.24 bits per heavy atom. The van der Waals surface area contributed by atoms with Gasteiger partial charge in [0.1, 0.15) is 17.5 Å². The molecule has 0 bridgehead atoms. The van der Waals surface area contributed by atoms with Crippen LogP contribution in [-0.2, 0) is 4.79 Å². The van der Waals surface area contributed by atoms with Gasteiger partial charge in [-0.05, 0) is 6.42 Å². The average molecular weight is 304 g/mol. The molecule has 0 saturated heterocycles. The number of carboxylic acid groups (broad SMARTS) is 1. The van der Waals surface area contributed by atoms with Crippen LogP contribution in [0.25, 0.3) is 0 Å². The molecule has 0 aliphatic heterocycles. The van der Waals surface area contributed by atoms with Crippen LogP contribution in [0.15, 0.2) is 12.1 Å². The Bertz CT molecular complexity index is 514. The lowest BCUT2D eigenvalue weighted by Crippen LogP contribution is -2.43. The Kier molecular flexibility index (Phi) is 6.01. The van der Waals surface area contributed by atoms with E-state index < -0.39 is 41.2 Å². The maximum absolute atomic E-state index is 13.3. The summed E-state index contributed by atoms with van der Waals surface area (Å²) >= 11 is 0. The summed E-state index contributed by atoms with van der Waals surface area (Å²) in [5.41, 5.74) is -0.839. The second kappa shape index (κ2) is 7.51. The summed E-state index contributed by atoms with van der Waals surface area (Å²) in [6.07, 6.45) is 1.48. The Hall–Kier alpha value is -2.25. The van der Waals surface area contributed by atoms with E-state index in [9.17, 15) is 22.8 Å². The van der Waals surface area contributed by atoms with Crippen LogP contribution in [0, 0.1) is 17.5 Å². The number of benzene rings is 1. The van der Waals surface area contributed by atoms with E-state index in [-0.39, 0.29) is 6.42 Å². The van der Waals surface area contributed by atoms with Gasteiger partial charge in [0.15, 0.2) is 11.6 Å². The summed E-state index contributed by atoms with van der Waals surface area (Å²) in [5.74, 6) is -4.95. The van der Waals surface area contributed by atoms with Gasteiger partial charge in [-0.2, -0.15) is 0 Å². The molecule has 2 amide bonds. The summed E-state index contributed by atoms with van der Waals surface area (Å²) in [5, 5.41) is 12.8. The Morgan fingerprint density at radius 2 is 1.81 bits per heavy atom. The van der Waals surface area contributed by atoms with Crippen molar-refractivity contribution in [1.29, 1.82) is 0 Å². The molecule has 0 heterocycles. The smallest absolute Gasteiger partial charge is 0.326 e. The number of hydrogen-bond donors (Lipinski definition) is 3. The van der Waals surface area contributed by atoms with Crippen molar-refractivity contribution in [2.75, 3.05) is 5.32 Å². The molecular weight excluding hydrogens is 289 g/mol. The molecule has 8 heteroatoms. The zero-order chi connectivity index (χ0) is 16.0. The number of carboxylic acids is 1. The Labute approximate surface area is 119 Å². The van der Waals surface area contributed by atoms with Crippen molar-refractivity contribution >= 4 is 17.7 Å². The third-order valence-corrected chi connectivity index (χ3v) is 2.70. The number of amides is 2. The van der Waals surface area contributed by atoms with Crippen LogP contribution in [0.3, 0.4) is 0 Å². The summed E-state index contributed by atoms with van der Waals surface area (Å²) in [6.45, 7) is 1.85. The summed E-state index contributed by atoms with van der Waals surface area (Å²) in [7, 11) is 0. The van der Waals surface area contributed by atoms with Crippen molar-refractivity contribution in [3.63, 3.8) is 0 Å². The van der Waals surface area contributed by atoms with Gasteiger partial charge in [0.25, 0.3) is 0 Å². The second-order valence-electron chi connectivity index (χ2n) is 4.38.